The van der Waals surface area contributed by atoms with Gasteiger partial charge < -0.3 is 5.21 Å². The summed E-state index contributed by atoms with van der Waals surface area (Å²) in [6.07, 6.45) is 2.03. The van der Waals surface area contributed by atoms with Gasteiger partial charge in [0.1, 0.15) is 0 Å². The van der Waals surface area contributed by atoms with E-state index < -0.39 is 0 Å². The van der Waals surface area contributed by atoms with Gasteiger partial charge in [0.15, 0.2) is 4.96 Å². The number of nitrogens with one attached hydrogen (secondary N) is 1. The average molecular weight is 197 g/mol. The van der Waals surface area contributed by atoms with E-state index in [9.17, 15) is 0 Å². The normalized spacial score (nSPS) is 11.3. The van der Waals surface area contributed by atoms with E-state index in [-0.39, 0.29) is 0 Å². The number of hydrogen-bond acceptors (Lipinski definition) is 4. The second-order valence-electron chi connectivity index (χ2n) is 2.97. The predicted octanol–water partition coefficient (Wildman–Crippen LogP) is 1.49. The first kappa shape index (κ1) is 8.68. The number of fused-ring (bicyclic) bond motifs is 1. The first-order chi connectivity index (χ1) is 6.22. The van der Waals surface area contributed by atoms with Crippen molar-refractivity contribution < 1.29 is 5.21 Å². The molecule has 2 rings (SSSR count). The molecule has 2 aromatic heterocycles. The molecule has 5 heteroatoms. The lowest BCUT2D eigenvalue weighted by Crippen LogP contribution is -2.09. The van der Waals surface area contributed by atoms with Gasteiger partial charge >= 0.3 is 0 Å². The Hall–Kier alpha value is -0.910. The van der Waals surface area contributed by atoms with Crippen molar-refractivity contribution in [3.8, 4) is 0 Å². The van der Waals surface area contributed by atoms with Gasteiger partial charge in [-0.25, -0.2) is 4.98 Å². The van der Waals surface area contributed by atoms with Crippen molar-refractivity contribution in [3.63, 3.8) is 0 Å². The van der Waals surface area contributed by atoms with Crippen molar-refractivity contribution >= 4 is 16.3 Å². The van der Waals surface area contributed by atoms with E-state index >= 15 is 0 Å². The molecule has 2 N–H and O–H groups in total. The number of thiazole rings is 1. The Kier molecular flexibility index (Phi) is 2.07. The zero-order chi connectivity index (χ0) is 9.42. The fourth-order valence-electron chi connectivity index (χ4n) is 1.40. The Morgan fingerprint density at radius 1 is 1.62 bits per heavy atom. The van der Waals surface area contributed by atoms with Gasteiger partial charge in [-0.1, -0.05) is 0 Å². The van der Waals surface area contributed by atoms with Gasteiger partial charge in [-0.3, -0.25) is 4.40 Å². The molecular weight excluding hydrogens is 186 g/mol. The first-order valence-electron chi connectivity index (χ1n) is 4.03. The molecule has 0 aliphatic rings. The lowest BCUT2D eigenvalue weighted by atomic mass is 10.3. The SMILES string of the molecule is Cc1cn2c(CNO)c(C)nc2s1. The van der Waals surface area contributed by atoms with Crippen LogP contribution in [0.4, 0.5) is 0 Å². The van der Waals surface area contributed by atoms with Crippen molar-refractivity contribution in [2.24, 2.45) is 0 Å². The van der Waals surface area contributed by atoms with Crippen LogP contribution in [0.3, 0.4) is 0 Å². The van der Waals surface area contributed by atoms with Gasteiger partial charge in [0, 0.05) is 11.1 Å². The maximum absolute atomic E-state index is 8.64. The minimum Gasteiger partial charge on any atom is -0.316 e. The molecule has 2 heterocycles. The Morgan fingerprint density at radius 3 is 3.08 bits per heavy atom. The van der Waals surface area contributed by atoms with Crippen LogP contribution in [0.15, 0.2) is 6.20 Å². The van der Waals surface area contributed by atoms with Crippen LogP contribution in [0, 0.1) is 13.8 Å². The third kappa shape index (κ3) is 1.35. The van der Waals surface area contributed by atoms with Crippen LogP contribution >= 0.6 is 11.3 Å². The van der Waals surface area contributed by atoms with Gasteiger partial charge in [0.05, 0.1) is 17.9 Å². The highest BCUT2D eigenvalue weighted by Crippen LogP contribution is 2.20. The molecule has 4 nitrogen and oxygen atoms in total. The molecule has 0 bridgehead atoms. The van der Waals surface area contributed by atoms with Crippen molar-refractivity contribution in [1.82, 2.24) is 14.9 Å². The molecule has 0 radical (unpaired) electrons. The van der Waals surface area contributed by atoms with Crippen LogP contribution in [-0.2, 0) is 6.54 Å². The minimum absolute atomic E-state index is 0.434. The fourth-order valence-corrected chi connectivity index (χ4v) is 2.29. The number of imidazole rings is 1. The average Bonchev–Trinajstić information content (AvgIpc) is 2.52. The van der Waals surface area contributed by atoms with E-state index in [1.54, 1.807) is 11.3 Å². The summed E-state index contributed by atoms with van der Waals surface area (Å²) in [4.78, 5) is 6.59. The Balaban J connectivity index is 2.61. The maximum atomic E-state index is 8.64. The van der Waals surface area contributed by atoms with Gasteiger partial charge in [0.2, 0.25) is 0 Å². The topological polar surface area (TPSA) is 49.6 Å². The molecule has 0 amide bonds. The second-order valence-corrected chi connectivity index (χ2v) is 4.19. The zero-order valence-electron chi connectivity index (χ0n) is 7.53. The van der Waals surface area contributed by atoms with E-state index in [0.29, 0.717) is 6.54 Å². The maximum Gasteiger partial charge on any atom is 0.194 e. The molecule has 13 heavy (non-hydrogen) atoms. The molecule has 0 saturated heterocycles. The molecular formula is C8H11N3OS. The zero-order valence-corrected chi connectivity index (χ0v) is 8.35. The van der Waals surface area contributed by atoms with Crippen LogP contribution in [0.1, 0.15) is 16.3 Å². The second kappa shape index (κ2) is 3.10. The predicted molar refractivity (Wildman–Crippen MR) is 51.2 cm³/mol. The van der Waals surface area contributed by atoms with Gasteiger partial charge in [-0.2, -0.15) is 5.48 Å². The Bertz CT molecular complexity index is 432. The molecule has 2 aromatic rings. The summed E-state index contributed by atoms with van der Waals surface area (Å²) in [6.45, 7) is 4.43. The summed E-state index contributed by atoms with van der Waals surface area (Å²) in [5.41, 5.74) is 4.14. The quantitative estimate of drug-likeness (QED) is 0.717. The summed E-state index contributed by atoms with van der Waals surface area (Å²) < 4.78 is 2.01. The Morgan fingerprint density at radius 2 is 2.38 bits per heavy atom. The minimum atomic E-state index is 0.434. The molecule has 0 atom stereocenters. The van der Waals surface area contributed by atoms with Crippen LogP contribution < -0.4 is 5.48 Å². The summed E-state index contributed by atoms with van der Waals surface area (Å²) in [5, 5.41) is 8.64. The molecule has 70 valence electrons. The number of nitrogens with zero attached hydrogens (tertiary/aromatic N) is 2. The third-order valence-electron chi connectivity index (χ3n) is 1.99. The molecule has 0 spiro atoms. The van der Waals surface area contributed by atoms with E-state index in [0.717, 1.165) is 16.3 Å². The summed E-state index contributed by atoms with van der Waals surface area (Å²) in [6, 6.07) is 0. The molecule has 0 aliphatic heterocycles. The molecule has 0 saturated carbocycles. The largest absolute Gasteiger partial charge is 0.316 e. The number of hydroxylamine groups is 1. The molecule has 0 fully saturated rings. The van der Waals surface area contributed by atoms with Crippen LogP contribution in [0.25, 0.3) is 4.96 Å². The first-order valence-corrected chi connectivity index (χ1v) is 4.85. The van der Waals surface area contributed by atoms with Gasteiger partial charge in [-0.15, -0.1) is 11.3 Å². The Labute approximate surface area is 79.8 Å². The van der Waals surface area contributed by atoms with Crippen LogP contribution in [0.5, 0.6) is 0 Å². The van der Waals surface area contributed by atoms with Gasteiger partial charge in [0.25, 0.3) is 0 Å². The van der Waals surface area contributed by atoms with Crippen molar-refractivity contribution in [2.45, 2.75) is 20.4 Å². The van der Waals surface area contributed by atoms with E-state index in [1.807, 2.05) is 24.4 Å². The lowest BCUT2D eigenvalue weighted by Gasteiger charge is -1.97. The highest BCUT2D eigenvalue weighted by molar-refractivity contribution is 7.17. The lowest BCUT2D eigenvalue weighted by molar-refractivity contribution is 0.159. The van der Waals surface area contributed by atoms with E-state index in [2.05, 4.69) is 10.5 Å². The number of aromatic nitrogens is 2. The summed E-state index contributed by atoms with van der Waals surface area (Å²) in [5.74, 6) is 0. The fraction of sp³-hybridized carbons (Fsp3) is 0.375. The van der Waals surface area contributed by atoms with Crippen molar-refractivity contribution in [3.05, 3.63) is 22.5 Å². The standard InChI is InChI=1S/C8H11N3OS/c1-5-4-11-7(3-9-12)6(2)10-8(11)13-5/h4,9,12H,3H2,1-2H3. The number of aryl methyl sites for hydroxylation is 2. The number of hydrogen-bond donors (Lipinski definition) is 2. The molecule has 0 aliphatic carbocycles. The number of rotatable bonds is 2. The van der Waals surface area contributed by atoms with Crippen LogP contribution in [-0.4, -0.2) is 14.6 Å². The van der Waals surface area contributed by atoms with E-state index in [4.69, 9.17) is 5.21 Å². The van der Waals surface area contributed by atoms with Crippen molar-refractivity contribution in [2.75, 3.05) is 0 Å². The molecule has 0 unspecified atom stereocenters. The summed E-state index contributed by atoms with van der Waals surface area (Å²) >= 11 is 1.66. The van der Waals surface area contributed by atoms with Crippen LogP contribution in [0.2, 0.25) is 0 Å². The summed E-state index contributed by atoms with van der Waals surface area (Å²) in [7, 11) is 0. The third-order valence-corrected chi connectivity index (χ3v) is 2.89. The highest BCUT2D eigenvalue weighted by Gasteiger charge is 2.09. The highest BCUT2D eigenvalue weighted by atomic mass is 32.1. The molecule has 0 aromatic carbocycles. The van der Waals surface area contributed by atoms with Gasteiger partial charge in [-0.05, 0) is 13.8 Å². The van der Waals surface area contributed by atoms with Crippen molar-refractivity contribution in [1.29, 1.82) is 0 Å². The monoisotopic (exact) mass is 197 g/mol. The van der Waals surface area contributed by atoms with E-state index in [1.165, 1.54) is 4.88 Å². The smallest absolute Gasteiger partial charge is 0.194 e.